The number of carbonyl (C=O) groups is 1. The van der Waals surface area contributed by atoms with E-state index in [1.54, 1.807) is 11.6 Å². The third-order valence-electron chi connectivity index (χ3n) is 5.22. The van der Waals surface area contributed by atoms with Crippen molar-refractivity contribution < 1.29 is 4.79 Å². The predicted molar refractivity (Wildman–Crippen MR) is 114 cm³/mol. The summed E-state index contributed by atoms with van der Waals surface area (Å²) in [6.07, 6.45) is 5.14. The summed E-state index contributed by atoms with van der Waals surface area (Å²) in [5, 5.41) is 7.26. The van der Waals surface area contributed by atoms with Gasteiger partial charge in [0.05, 0.1) is 6.04 Å². The zero-order valence-electron chi connectivity index (χ0n) is 17.7. The van der Waals surface area contributed by atoms with Crippen LogP contribution in [-0.4, -0.2) is 37.2 Å². The molecule has 0 unspecified atom stereocenters. The van der Waals surface area contributed by atoms with Crippen LogP contribution in [0.4, 0.5) is 0 Å². The first-order valence-electron chi connectivity index (χ1n) is 10.1. The van der Waals surface area contributed by atoms with E-state index in [1.165, 1.54) is 24.1 Å². The fourth-order valence-corrected chi connectivity index (χ4v) is 3.59. The van der Waals surface area contributed by atoms with Gasteiger partial charge in [-0.15, -0.1) is 12.4 Å². The lowest BCUT2D eigenvalue weighted by Gasteiger charge is -2.17. The van der Waals surface area contributed by atoms with Gasteiger partial charge < -0.3 is 11.1 Å². The van der Waals surface area contributed by atoms with Crippen LogP contribution < -0.4 is 11.1 Å². The van der Waals surface area contributed by atoms with E-state index in [0.29, 0.717) is 24.6 Å². The second-order valence-electron chi connectivity index (χ2n) is 7.90. The smallest absolute Gasteiger partial charge is 0.241 e. The highest BCUT2D eigenvalue weighted by Crippen LogP contribution is 2.21. The molecule has 0 bridgehead atoms. The molecule has 1 amide bonds. The Morgan fingerprint density at radius 1 is 1.17 bits per heavy atom. The van der Waals surface area contributed by atoms with Gasteiger partial charge in [-0.2, -0.15) is 5.10 Å². The highest BCUT2D eigenvalue weighted by molar-refractivity contribution is 5.85. The van der Waals surface area contributed by atoms with Crippen molar-refractivity contribution in [3.05, 3.63) is 34.4 Å². The average Bonchev–Trinajstić information content (AvgIpc) is 3.01. The van der Waals surface area contributed by atoms with Gasteiger partial charge in [0.2, 0.25) is 5.91 Å². The number of hydrogen-bond donors (Lipinski definition) is 2. The summed E-state index contributed by atoms with van der Waals surface area (Å²) in [6, 6.07) is -0.249. The fraction of sp³-hybridized carbons (Fsp3) is 0.650. The van der Waals surface area contributed by atoms with Crippen LogP contribution >= 0.6 is 12.4 Å². The monoisotopic (exact) mass is 421 g/mol. The molecule has 1 aliphatic rings. The molecule has 0 aliphatic heterocycles. The van der Waals surface area contributed by atoms with Gasteiger partial charge in [-0.3, -0.25) is 4.79 Å². The van der Waals surface area contributed by atoms with Gasteiger partial charge in [0.1, 0.15) is 24.0 Å². The largest absolute Gasteiger partial charge is 0.354 e. The Morgan fingerprint density at radius 2 is 1.90 bits per heavy atom. The van der Waals surface area contributed by atoms with E-state index in [9.17, 15) is 4.79 Å². The molecule has 0 aromatic carbocycles. The first-order valence-corrected chi connectivity index (χ1v) is 10.1. The summed E-state index contributed by atoms with van der Waals surface area (Å²) in [5.41, 5.74) is 9.78. The number of rotatable bonds is 7. The van der Waals surface area contributed by atoms with E-state index in [2.05, 4.69) is 27.3 Å². The highest BCUT2D eigenvalue weighted by Gasteiger charge is 2.20. The van der Waals surface area contributed by atoms with Gasteiger partial charge in [-0.1, -0.05) is 13.8 Å². The molecule has 0 radical (unpaired) electrons. The molecule has 3 N–H and O–H groups in total. The van der Waals surface area contributed by atoms with Crippen LogP contribution in [0.3, 0.4) is 0 Å². The Morgan fingerprint density at radius 3 is 2.62 bits per heavy atom. The summed E-state index contributed by atoms with van der Waals surface area (Å²) in [4.78, 5) is 26.1. The number of aryl methyl sites for hydroxylation is 3. The highest BCUT2D eigenvalue weighted by atomic mass is 35.5. The SMILES string of the molecule is Cc1nc([C@@H](N)C(C)C)n(CC(=O)NCCc2nc(C)c3c(n2)CCCC3)n1.Cl. The third kappa shape index (κ3) is 5.73. The maximum Gasteiger partial charge on any atom is 0.241 e. The Bertz CT molecular complexity index is 850. The zero-order valence-corrected chi connectivity index (χ0v) is 18.6. The Balaban J connectivity index is 0.00000300. The van der Waals surface area contributed by atoms with Crippen molar-refractivity contribution in [1.29, 1.82) is 0 Å². The number of nitrogens with zero attached hydrogens (tertiary/aromatic N) is 5. The topological polar surface area (TPSA) is 112 Å². The molecule has 0 saturated heterocycles. The Kier molecular flexibility index (Phi) is 8.10. The number of nitrogens with one attached hydrogen (secondary N) is 1. The van der Waals surface area contributed by atoms with Crippen LogP contribution in [-0.2, 0) is 30.6 Å². The van der Waals surface area contributed by atoms with Crippen LogP contribution in [0.5, 0.6) is 0 Å². The number of carbonyl (C=O) groups excluding carboxylic acids is 1. The molecule has 1 atom stereocenters. The second-order valence-corrected chi connectivity index (χ2v) is 7.90. The van der Waals surface area contributed by atoms with Crippen LogP contribution in [0.1, 0.15) is 67.2 Å². The summed E-state index contributed by atoms with van der Waals surface area (Å²) >= 11 is 0. The van der Waals surface area contributed by atoms with E-state index >= 15 is 0 Å². The van der Waals surface area contributed by atoms with Gasteiger partial charge in [0.15, 0.2) is 0 Å². The minimum Gasteiger partial charge on any atom is -0.354 e. The van der Waals surface area contributed by atoms with Crippen LogP contribution in [0.2, 0.25) is 0 Å². The zero-order chi connectivity index (χ0) is 20.3. The quantitative estimate of drug-likeness (QED) is 0.707. The van der Waals surface area contributed by atoms with Gasteiger partial charge in [0, 0.05) is 24.4 Å². The number of hydrogen-bond acceptors (Lipinski definition) is 6. The standard InChI is InChI=1S/C20H31N7O.ClH/c1-12(2)19(21)20-24-14(4)26-27(20)11-18(28)22-10-9-17-23-13(3)15-7-5-6-8-16(15)25-17;/h12,19H,5-11,21H2,1-4H3,(H,22,28);1H/t19-;/m0./s1. The van der Waals surface area contributed by atoms with Crippen LogP contribution in [0.15, 0.2) is 0 Å². The van der Waals surface area contributed by atoms with Crippen molar-refractivity contribution in [3.63, 3.8) is 0 Å². The molecule has 0 fully saturated rings. The minimum atomic E-state index is -0.249. The molecule has 9 heteroatoms. The molecular weight excluding hydrogens is 390 g/mol. The summed E-state index contributed by atoms with van der Waals surface area (Å²) < 4.78 is 1.61. The molecule has 160 valence electrons. The molecule has 1 aliphatic carbocycles. The molecular formula is C20H32ClN7O. The molecule has 2 heterocycles. The average molecular weight is 422 g/mol. The van der Waals surface area contributed by atoms with Crippen LogP contribution in [0, 0.1) is 19.8 Å². The van der Waals surface area contributed by atoms with E-state index in [4.69, 9.17) is 10.7 Å². The van der Waals surface area contributed by atoms with E-state index < -0.39 is 0 Å². The van der Waals surface area contributed by atoms with Crippen molar-refractivity contribution in [2.75, 3.05) is 6.54 Å². The predicted octanol–water partition coefficient (Wildman–Crippen LogP) is 2.00. The van der Waals surface area contributed by atoms with Crippen molar-refractivity contribution >= 4 is 18.3 Å². The van der Waals surface area contributed by atoms with Gasteiger partial charge in [0.25, 0.3) is 0 Å². The minimum absolute atomic E-state index is 0. The number of fused-ring (bicyclic) bond motifs is 1. The first-order chi connectivity index (χ1) is 13.3. The number of halogens is 1. The van der Waals surface area contributed by atoms with Gasteiger partial charge in [-0.25, -0.2) is 19.6 Å². The van der Waals surface area contributed by atoms with Gasteiger partial charge >= 0.3 is 0 Å². The number of aromatic nitrogens is 5. The summed E-state index contributed by atoms with van der Waals surface area (Å²) in [7, 11) is 0. The van der Waals surface area contributed by atoms with E-state index in [0.717, 1.165) is 24.4 Å². The lowest BCUT2D eigenvalue weighted by atomic mass is 9.95. The lowest BCUT2D eigenvalue weighted by Crippen LogP contribution is -2.32. The lowest BCUT2D eigenvalue weighted by molar-refractivity contribution is -0.121. The third-order valence-corrected chi connectivity index (χ3v) is 5.22. The normalized spacial score (nSPS) is 14.3. The van der Waals surface area contributed by atoms with E-state index in [-0.39, 0.29) is 36.8 Å². The van der Waals surface area contributed by atoms with Crippen molar-refractivity contribution in [3.8, 4) is 0 Å². The molecule has 2 aromatic heterocycles. The number of amides is 1. The second kappa shape index (κ2) is 10.1. The Hall–Kier alpha value is -2.06. The molecule has 29 heavy (non-hydrogen) atoms. The Labute approximate surface area is 178 Å². The maximum atomic E-state index is 12.4. The molecule has 0 saturated carbocycles. The van der Waals surface area contributed by atoms with Crippen molar-refractivity contribution in [1.82, 2.24) is 30.0 Å². The first kappa shape index (κ1) is 23.2. The van der Waals surface area contributed by atoms with Crippen LogP contribution in [0.25, 0.3) is 0 Å². The van der Waals surface area contributed by atoms with Crippen molar-refractivity contribution in [2.24, 2.45) is 11.7 Å². The van der Waals surface area contributed by atoms with Gasteiger partial charge in [-0.05, 0) is 51.0 Å². The molecule has 8 nitrogen and oxygen atoms in total. The summed E-state index contributed by atoms with van der Waals surface area (Å²) in [6.45, 7) is 8.53. The van der Waals surface area contributed by atoms with E-state index in [1.807, 2.05) is 13.8 Å². The maximum absolute atomic E-state index is 12.4. The molecule has 2 aromatic rings. The summed E-state index contributed by atoms with van der Waals surface area (Å²) in [5.74, 6) is 2.18. The fourth-order valence-electron chi connectivity index (χ4n) is 3.59. The van der Waals surface area contributed by atoms with Crippen molar-refractivity contribution in [2.45, 2.75) is 72.4 Å². The molecule has 0 spiro atoms. The number of nitrogens with two attached hydrogens (primary N) is 1. The molecule has 3 rings (SSSR count).